The van der Waals surface area contributed by atoms with Crippen LogP contribution in [0.4, 0.5) is 4.79 Å². The van der Waals surface area contributed by atoms with E-state index in [9.17, 15) is 4.79 Å². The lowest BCUT2D eigenvalue weighted by Gasteiger charge is -2.12. The molecule has 0 aromatic heterocycles. The van der Waals surface area contributed by atoms with Gasteiger partial charge in [-0.2, -0.15) is 0 Å². The van der Waals surface area contributed by atoms with E-state index in [4.69, 9.17) is 26.4 Å². The molecule has 2 aromatic carbocycles. The maximum absolute atomic E-state index is 10.7. The lowest BCUT2D eigenvalue weighted by Crippen LogP contribution is -2.17. The van der Waals surface area contributed by atoms with Gasteiger partial charge in [0.1, 0.15) is 24.7 Å². The van der Waals surface area contributed by atoms with Gasteiger partial charge in [-0.25, -0.2) is 4.79 Å². The van der Waals surface area contributed by atoms with E-state index < -0.39 is 6.09 Å². The molecule has 5 nitrogen and oxygen atoms in total. The summed E-state index contributed by atoms with van der Waals surface area (Å²) < 4.78 is 15.6. The van der Waals surface area contributed by atoms with Crippen molar-refractivity contribution in [2.75, 3.05) is 13.7 Å². The number of ether oxygens (including phenoxy) is 3. The summed E-state index contributed by atoms with van der Waals surface area (Å²) in [5.41, 5.74) is 6.85. The molecule has 0 fully saturated rings. The van der Waals surface area contributed by atoms with E-state index in [0.29, 0.717) is 6.61 Å². The Morgan fingerprint density at radius 2 is 1.75 bits per heavy atom. The molecule has 0 aliphatic heterocycles. The largest absolute Gasteiger partial charge is 0.497 e. The summed E-state index contributed by atoms with van der Waals surface area (Å²) in [5.74, 6) is 3.77. The minimum Gasteiger partial charge on any atom is -0.497 e. The fourth-order valence-corrected chi connectivity index (χ4v) is 2.09. The molecule has 0 radical (unpaired) electrons. The summed E-state index contributed by atoms with van der Waals surface area (Å²) in [5, 5.41) is 0. The van der Waals surface area contributed by atoms with Gasteiger partial charge < -0.3 is 19.9 Å². The number of rotatable bonds is 7. The molecule has 0 heterocycles. The second-order valence-corrected chi connectivity index (χ2v) is 5.06. The predicted octanol–water partition coefficient (Wildman–Crippen LogP) is 3.09. The third-order valence-electron chi connectivity index (χ3n) is 3.44. The van der Waals surface area contributed by atoms with Crippen molar-refractivity contribution in [2.24, 2.45) is 5.73 Å². The van der Waals surface area contributed by atoms with E-state index in [1.807, 2.05) is 48.5 Å². The number of primary amides is 1. The molecule has 1 unspecified atom stereocenters. The van der Waals surface area contributed by atoms with Crippen LogP contribution >= 0.6 is 0 Å². The first-order chi connectivity index (χ1) is 11.6. The fourth-order valence-electron chi connectivity index (χ4n) is 2.09. The van der Waals surface area contributed by atoms with Gasteiger partial charge in [-0.1, -0.05) is 30.2 Å². The molecule has 2 rings (SSSR count). The summed E-state index contributed by atoms with van der Waals surface area (Å²) in [7, 11) is 1.63. The second-order valence-electron chi connectivity index (χ2n) is 5.06. The number of hydrogen-bond donors (Lipinski definition) is 1. The van der Waals surface area contributed by atoms with Crippen molar-refractivity contribution in [2.45, 2.75) is 12.5 Å². The lowest BCUT2D eigenvalue weighted by molar-refractivity contribution is 0.154. The molecule has 2 aromatic rings. The van der Waals surface area contributed by atoms with Crippen molar-refractivity contribution in [3.8, 4) is 23.8 Å². The number of amides is 1. The number of methoxy groups -OCH3 is 1. The minimum absolute atomic E-state index is 0.0535. The molecule has 0 saturated carbocycles. The van der Waals surface area contributed by atoms with E-state index in [2.05, 4.69) is 5.92 Å². The van der Waals surface area contributed by atoms with Gasteiger partial charge >= 0.3 is 6.09 Å². The van der Waals surface area contributed by atoms with Crippen LogP contribution in [0.2, 0.25) is 0 Å². The third kappa shape index (κ3) is 4.96. The van der Waals surface area contributed by atoms with Crippen LogP contribution in [-0.2, 0) is 11.3 Å². The number of nitrogens with two attached hydrogens (primary N) is 1. The standard InChI is InChI=1S/C19H19NO4/c1-3-15(13-24-19(20)21)16-6-10-18(11-7-16)23-12-14-4-8-17(22-2)9-5-14/h1,4-11,15H,12-13H2,2H3,(H2,20,21). The lowest BCUT2D eigenvalue weighted by atomic mass is 10.0. The van der Waals surface area contributed by atoms with Crippen LogP contribution in [0.15, 0.2) is 48.5 Å². The zero-order valence-corrected chi connectivity index (χ0v) is 13.4. The Bertz CT molecular complexity index is 702. The Kier molecular flexibility index (Phi) is 6.09. The first-order valence-corrected chi connectivity index (χ1v) is 7.36. The van der Waals surface area contributed by atoms with Crippen LogP contribution in [0.1, 0.15) is 17.0 Å². The Morgan fingerprint density at radius 3 is 2.29 bits per heavy atom. The molecule has 1 atom stereocenters. The van der Waals surface area contributed by atoms with Gasteiger partial charge in [0, 0.05) is 0 Å². The van der Waals surface area contributed by atoms with Crippen molar-refractivity contribution in [1.82, 2.24) is 0 Å². The van der Waals surface area contributed by atoms with Crippen LogP contribution < -0.4 is 15.2 Å². The first kappa shape index (κ1) is 17.2. The van der Waals surface area contributed by atoms with Crippen molar-refractivity contribution in [1.29, 1.82) is 0 Å². The smallest absolute Gasteiger partial charge is 0.404 e. The Hall–Kier alpha value is -3.13. The topological polar surface area (TPSA) is 70.8 Å². The van der Waals surface area contributed by atoms with Crippen LogP contribution in [0.5, 0.6) is 11.5 Å². The molecule has 124 valence electrons. The molecular weight excluding hydrogens is 306 g/mol. The van der Waals surface area contributed by atoms with Gasteiger partial charge in [0.25, 0.3) is 0 Å². The van der Waals surface area contributed by atoms with E-state index in [0.717, 1.165) is 22.6 Å². The van der Waals surface area contributed by atoms with Crippen molar-refractivity contribution in [3.05, 3.63) is 59.7 Å². The van der Waals surface area contributed by atoms with Crippen LogP contribution in [0, 0.1) is 12.3 Å². The summed E-state index contributed by atoms with van der Waals surface area (Å²) in [6.45, 7) is 0.505. The summed E-state index contributed by atoms with van der Waals surface area (Å²) in [4.78, 5) is 10.7. The van der Waals surface area contributed by atoms with Crippen molar-refractivity contribution >= 4 is 6.09 Å². The molecule has 5 heteroatoms. The molecule has 1 amide bonds. The summed E-state index contributed by atoms with van der Waals surface area (Å²) in [6.07, 6.45) is 4.63. The maximum atomic E-state index is 10.7. The Morgan fingerprint density at radius 1 is 1.12 bits per heavy atom. The second kappa shape index (κ2) is 8.49. The number of carbonyl (C=O) groups is 1. The van der Waals surface area contributed by atoms with E-state index in [1.54, 1.807) is 7.11 Å². The number of carbonyl (C=O) groups excluding carboxylic acids is 1. The summed E-state index contributed by atoms with van der Waals surface area (Å²) in [6, 6.07) is 15.0. The third-order valence-corrected chi connectivity index (χ3v) is 3.44. The molecule has 0 aliphatic carbocycles. The van der Waals surface area contributed by atoms with E-state index in [1.165, 1.54) is 0 Å². The van der Waals surface area contributed by atoms with Gasteiger partial charge in [0.05, 0.1) is 13.0 Å². The highest BCUT2D eigenvalue weighted by Crippen LogP contribution is 2.21. The average Bonchev–Trinajstić information content (AvgIpc) is 2.61. The SMILES string of the molecule is C#CC(COC(N)=O)c1ccc(OCc2ccc(OC)cc2)cc1. The van der Waals surface area contributed by atoms with E-state index >= 15 is 0 Å². The van der Waals surface area contributed by atoms with Gasteiger partial charge in [0.15, 0.2) is 0 Å². The molecular formula is C19H19NO4. The monoisotopic (exact) mass is 325 g/mol. The number of hydrogen-bond acceptors (Lipinski definition) is 4. The number of benzene rings is 2. The van der Waals surface area contributed by atoms with Gasteiger partial charge in [-0.15, -0.1) is 6.42 Å². The van der Waals surface area contributed by atoms with Crippen molar-refractivity contribution < 1.29 is 19.0 Å². The normalized spacial score (nSPS) is 11.2. The Balaban J connectivity index is 1.93. The quantitative estimate of drug-likeness (QED) is 0.794. The van der Waals surface area contributed by atoms with Crippen LogP contribution in [0.3, 0.4) is 0 Å². The first-order valence-electron chi connectivity index (χ1n) is 7.36. The van der Waals surface area contributed by atoms with E-state index in [-0.39, 0.29) is 12.5 Å². The zero-order chi connectivity index (χ0) is 17.4. The highest BCUT2D eigenvalue weighted by Gasteiger charge is 2.10. The predicted molar refractivity (Wildman–Crippen MR) is 90.9 cm³/mol. The highest BCUT2D eigenvalue weighted by atomic mass is 16.5. The average molecular weight is 325 g/mol. The molecule has 24 heavy (non-hydrogen) atoms. The van der Waals surface area contributed by atoms with Crippen LogP contribution in [-0.4, -0.2) is 19.8 Å². The molecule has 0 saturated heterocycles. The van der Waals surface area contributed by atoms with Gasteiger partial charge in [0.2, 0.25) is 0 Å². The van der Waals surface area contributed by atoms with Crippen molar-refractivity contribution in [3.63, 3.8) is 0 Å². The molecule has 0 spiro atoms. The molecule has 0 aliphatic rings. The van der Waals surface area contributed by atoms with Gasteiger partial charge in [-0.05, 0) is 35.4 Å². The van der Waals surface area contributed by atoms with Gasteiger partial charge in [-0.3, -0.25) is 0 Å². The summed E-state index contributed by atoms with van der Waals surface area (Å²) >= 11 is 0. The fraction of sp³-hybridized carbons (Fsp3) is 0.211. The van der Waals surface area contributed by atoms with Crippen LogP contribution in [0.25, 0.3) is 0 Å². The number of terminal acetylenes is 1. The highest BCUT2D eigenvalue weighted by molar-refractivity contribution is 5.64. The Labute approximate surface area is 141 Å². The maximum Gasteiger partial charge on any atom is 0.404 e. The molecule has 0 bridgehead atoms. The minimum atomic E-state index is -0.838. The molecule has 2 N–H and O–H groups in total. The zero-order valence-electron chi connectivity index (χ0n) is 13.4.